The number of methoxy groups -OCH3 is 1. The molecule has 1 unspecified atom stereocenters. The lowest BCUT2D eigenvalue weighted by Gasteiger charge is -2.35. The number of alkyl halides is 3. The van der Waals surface area contributed by atoms with E-state index in [1.54, 1.807) is 19.9 Å². The molecule has 0 amide bonds. The maximum absolute atomic E-state index is 14.5. The van der Waals surface area contributed by atoms with Gasteiger partial charge in [-0.25, -0.2) is 4.39 Å². The molecule has 0 bridgehead atoms. The minimum atomic E-state index is -4.77. The summed E-state index contributed by atoms with van der Waals surface area (Å²) in [5.41, 5.74) is 5.90. The Bertz CT molecular complexity index is 1130. The summed E-state index contributed by atoms with van der Waals surface area (Å²) >= 11 is 0. The number of nitrogens with one attached hydrogen (secondary N) is 1. The molecule has 38 heavy (non-hydrogen) atoms. The Morgan fingerprint density at radius 3 is 2.53 bits per heavy atom. The van der Waals surface area contributed by atoms with Crippen LogP contribution in [0.4, 0.5) is 23.2 Å². The van der Waals surface area contributed by atoms with Crippen molar-refractivity contribution in [3.63, 3.8) is 0 Å². The zero-order chi connectivity index (χ0) is 28.3. The first kappa shape index (κ1) is 30.3. The van der Waals surface area contributed by atoms with E-state index in [0.29, 0.717) is 6.54 Å². The molecule has 1 saturated heterocycles. The van der Waals surface area contributed by atoms with Crippen LogP contribution >= 0.6 is 0 Å². The van der Waals surface area contributed by atoms with Crippen LogP contribution in [-0.4, -0.2) is 64.1 Å². The van der Waals surface area contributed by atoms with Gasteiger partial charge < -0.3 is 30.7 Å². The Hall–Kier alpha value is -2.25. The van der Waals surface area contributed by atoms with Crippen LogP contribution in [0.2, 0.25) is 0 Å². The standard InChI is InChI=1S/C26H34F4N2O5S/c1-25(2,34)18-6-4-5-15(8-18)11-32-20-14-38(35)13-17(24(20)33)7-16-9-19(27)23(31)21(10-16)37-22(12-36-3)26(28,29)30/h4-6,8-10,17,20,22,24,32-34H,7,11-14,31H2,1-3H3/t17-,20+,22-,24+,38?/m1/s1. The molecule has 0 radical (unpaired) electrons. The van der Waals surface area contributed by atoms with Gasteiger partial charge in [0.25, 0.3) is 0 Å². The van der Waals surface area contributed by atoms with Crippen LogP contribution in [0.5, 0.6) is 5.75 Å². The number of hydrogen-bond acceptors (Lipinski definition) is 7. The molecule has 0 aliphatic carbocycles. The van der Waals surface area contributed by atoms with Gasteiger partial charge in [-0.2, -0.15) is 13.2 Å². The second-order valence-corrected chi connectivity index (χ2v) is 11.6. The van der Waals surface area contributed by atoms with E-state index >= 15 is 0 Å². The first-order valence-corrected chi connectivity index (χ1v) is 13.6. The Morgan fingerprint density at radius 1 is 1.18 bits per heavy atom. The van der Waals surface area contributed by atoms with Crippen LogP contribution in [0, 0.1) is 11.7 Å². The summed E-state index contributed by atoms with van der Waals surface area (Å²) in [5, 5.41) is 24.5. The zero-order valence-corrected chi connectivity index (χ0v) is 22.2. The summed E-state index contributed by atoms with van der Waals surface area (Å²) in [7, 11) is -0.202. The Kier molecular flexibility index (Phi) is 9.80. The van der Waals surface area contributed by atoms with Crippen molar-refractivity contribution in [3.05, 3.63) is 58.9 Å². The summed E-state index contributed by atoms with van der Waals surface area (Å²) in [6, 6.07) is 9.08. The smallest absolute Gasteiger partial charge is 0.427 e. The normalized spacial score (nSPS) is 23.3. The monoisotopic (exact) mass is 562 g/mol. The maximum Gasteiger partial charge on any atom is 0.427 e. The van der Waals surface area contributed by atoms with E-state index in [-0.39, 0.29) is 23.5 Å². The van der Waals surface area contributed by atoms with Gasteiger partial charge in [0.1, 0.15) is 17.3 Å². The number of anilines is 1. The van der Waals surface area contributed by atoms with Crippen LogP contribution in [0.3, 0.4) is 0 Å². The molecule has 212 valence electrons. The van der Waals surface area contributed by atoms with E-state index in [1.807, 2.05) is 18.2 Å². The Balaban J connectivity index is 1.74. The van der Waals surface area contributed by atoms with Gasteiger partial charge in [0.05, 0.1) is 18.3 Å². The van der Waals surface area contributed by atoms with Crippen molar-refractivity contribution >= 4 is 16.5 Å². The van der Waals surface area contributed by atoms with E-state index < -0.39 is 70.6 Å². The second-order valence-electron chi connectivity index (χ2n) is 10.1. The molecule has 0 spiro atoms. The summed E-state index contributed by atoms with van der Waals surface area (Å²) < 4.78 is 76.5. The first-order valence-electron chi connectivity index (χ1n) is 12.1. The highest BCUT2D eigenvalue weighted by Gasteiger charge is 2.42. The topological polar surface area (TPSA) is 114 Å². The van der Waals surface area contributed by atoms with Crippen LogP contribution in [0.25, 0.3) is 0 Å². The van der Waals surface area contributed by atoms with E-state index in [1.165, 1.54) is 6.07 Å². The molecule has 7 nitrogen and oxygen atoms in total. The molecule has 5 N–H and O–H groups in total. The molecule has 2 aromatic rings. The SMILES string of the molecule is COC[C@@H](Oc1cc(C[C@@H]2CS(=O)C[C@H](NCc3cccc(C(C)(C)O)c3)[C@H]2O)cc(F)c1N)C(F)(F)F. The van der Waals surface area contributed by atoms with Crippen LogP contribution in [0.1, 0.15) is 30.5 Å². The van der Waals surface area contributed by atoms with Gasteiger partial charge in [-0.1, -0.05) is 24.3 Å². The Morgan fingerprint density at radius 2 is 1.89 bits per heavy atom. The molecule has 0 aromatic heterocycles. The van der Waals surface area contributed by atoms with Gasteiger partial charge in [-0.3, -0.25) is 4.21 Å². The highest BCUT2D eigenvalue weighted by Crippen LogP contribution is 2.33. The van der Waals surface area contributed by atoms with E-state index in [2.05, 4.69) is 10.1 Å². The molecule has 5 atom stereocenters. The predicted molar refractivity (Wildman–Crippen MR) is 137 cm³/mol. The van der Waals surface area contributed by atoms with Crippen molar-refractivity contribution in [2.45, 2.75) is 56.8 Å². The van der Waals surface area contributed by atoms with Crippen molar-refractivity contribution in [2.24, 2.45) is 5.92 Å². The van der Waals surface area contributed by atoms with Crippen molar-refractivity contribution in [1.29, 1.82) is 0 Å². The molecule has 3 rings (SSSR count). The number of aliphatic hydroxyl groups excluding tert-OH is 1. The highest BCUT2D eigenvalue weighted by molar-refractivity contribution is 7.85. The molecule has 1 fully saturated rings. The van der Waals surface area contributed by atoms with Crippen LogP contribution in [-0.2, 0) is 34.1 Å². The van der Waals surface area contributed by atoms with Gasteiger partial charge in [0, 0.05) is 47.9 Å². The number of halogens is 4. The number of hydrogen-bond donors (Lipinski definition) is 4. The number of ether oxygens (including phenoxy) is 2. The summed E-state index contributed by atoms with van der Waals surface area (Å²) in [5.74, 6) is -1.64. The highest BCUT2D eigenvalue weighted by atomic mass is 32.2. The zero-order valence-electron chi connectivity index (χ0n) is 21.4. The molecule has 12 heteroatoms. The fourth-order valence-electron chi connectivity index (χ4n) is 4.37. The lowest BCUT2D eigenvalue weighted by atomic mass is 9.90. The van der Waals surface area contributed by atoms with Gasteiger partial charge in [0.2, 0.25) is 6.10 Å². The fourth-order valence-corrected chi connectivity index (χ4v) is 6.01. The van der Waals surface area contributed by atoms with Crippen molar-refractivity contribution in [1.82, 2.24) is 5.32 Å². The first-order chi connectivity index (χ1) is 17.7. The average Bonchev–Trinajstić information content (AvgIpc) is 2.82. The average molecular weight is 563 g/mol. The lowest BCUT2D eigenvalue weighted by Crippen LogP contribution is -2.53. The lowest BCUT2D eigenvalue weighted by molar-refractivity contribution is -0.206. The minimum Gasteiger partial charge on any atom is -0.476 e. The predicted octanol–water partition coefficient (Wildman–Crippen LogP) is 3.03. The van der Waals surface area contributed by atoms with Gasteiger partial charge in [-0.15, -0.1) is 0 Å². The minimum absolute atomic E-state index is 0.0494. The largest absolute Gasteiger partial charge is 0.476 e. The van der Waals surface area contributed by atoms with Crippen LogP contribution < -0.4 is 15.8 Å². The summed E-state index contributed by atoms with van der Waals surface area (Å²) in [4.78, 5) is 0. The molecule has 0 saturated carbocycles. The van der Waals surface area contributed by atoms with E-state index in [4.69, 9.17) is 10.5 Å². The molecule has 1 heterocycles. The second kappa shape index (κ2) is 12.3. The molecule has 1 aliphatic rings. The number of nitrogens with two attached hydrogens (primary N) is 1. The van der Waals surface area contributed by atoms with Crippen molar-refractivity contribution in [2.75, 3.05) is 31.0 Å². The van der Waals surface area contributed by atoms with Gasteiger partial charge in [0.15, 0.2) is 0 Å². The van der Waals surface area contributed by atoms with Gasteiger partial charge in [-0.05, 0) is 49.1 Å². The van der Waals surface area contributed by atoms with E-state index in [0.717, 1.165) is 24.3 Å². The fraction of sp³-hybridized carbons (Fsp3) is 0.538. The van der Waals surface area contributed by atoms with Gasteiger partial charge >= 0.3 is 6.18 Å². The third kappa shape index (κ3) is 7.89. The van der Waals surface area contributed by atoms with Crippen molar-refractivity contribution in [3.8, 4) is 5.75 Å². The third-order valence-corrected chi connectivity index (χ3v) is 7.99. The quantitative estimate of drug-likeness (QED) is 0.260. The molecule has 1 aliphatic heterocycles. The number of nitrogen functional groups attached to an aromatic ring is 1. The van der Waals surface area contributed by atoms with Crippen LogP contribution in [0.15, 0.2) is 36.4 Å². The number of aliphatic hydroxyl groups is 2. The summed E-state index contributed by atoms with van der Waals surface area (Å²) in [6.07, 6.45) is -8.02. The van der Waals surface area contributed by atoms with E-state index in [9.17, 15) is 32.0 Å². The number of rotatable bonds is 10. The molecular weight excluding hydrogens is 528 g/mol. The Labute approximate surface area is 221 Å². The van der Waals surface area contributed by atoms with Crippen molar-refractivity contribution < 1.29 is 41.5 Å². The maximum atomic E-state index is 14.5. The third-order valence-electron chi connectivity index (χ3n) is 6.46. The molecular formula is C26H34F4N2O5S. The molecule has 2 aromatic carbocycles. The summed E-state index contributed by atoms with van der Waals surface area (Å²) in [6.45, 7) is 2.90. The number of benzene rings is 2.